The summed E-state index contributed by atoms with van der Waals surface area (Å²) in [5, 5.41) is 2.81. The number of carbonyl (C=O) groups is 1. The number of para-hydroxylation sites is 3. The molecule has 4 aromatic rings. The molecule has 2 N–H and O–H groups in total. The number of amides is 1. The average Bonchev–Trinajstić information content (AvgIpc) is 2.90. The number of methoxy groups -OCH3 is 1. The van der Waals surface area contributed by atoms with Crippen LogP contribution < -0.4 is 19.5 Å². The van der Waals surface area contributed by atoms with Crippen molar-refractivity contribution >= 4 is 21.6 Å². The fourth-order valence-corrected chi connectivity index (χ4v) is 4.77. The van der Waals surface area contributed by atoms with E-state index in [-0.39, 0.29) is 22.8 Å². The van der Waals surface area contributed by atoms with Crippen LogP contribution in [0.4, 0.5) is 5.69 Å². The van der Waals surface area contributed by atoms with E-state index >= 15 is 0 Å². The van der Waals surface area contributed by atoms with E-state index in [0.29, 0.717) is 23.6 Å². The number of anilines is 1. The lowest BCUT2D eigenvalue weighted by Gasteiger charge is -2.14. The number of hydrogen-bond acceptors (Lipinski definition) is 5. The van der Waals surface area contributed by atoms with E-state index in [1.165, 1.54) is 25.3 Å². The Hall–Kier alpha value is -4.14. The van der Waals surface area contributed by atoms with Crippen LogP contribution in [0.5, 0.6) is 17.2 Å². The first-order chi connectivity index (χ1) is 17.5. The van der Waals surface area contributed by atoms with Gasteiger partial charge in [-0.3, -0.25) is 4.79 Å². The van der Waals surface area contributed by atoms with Gasteiger partial charge >= 0.3 is 0 Å². The summed E-state index contributed by atoms with van der Waals surface area (Å²) in [4.78, 5) is 13.0. The first-order valence-corrected chi connectivity index (χ1v) is 12.8. The van der Waals surface area contributed by atoms with Gasteiger partial charge in [-0.25, -0.2) is 13.1 Å². The quantitative estimate of drug-likeness (QED) is 0.309. The third-order valence-corrected chi connectivity index (χ3v) is 6.85. The van der Waals surface area contributed by atoms with Gasteiger partial charge in [-0.2, -0.15) is 0 Å². The highest BCUT2D eigenvalue weighted by atomic mass is 32.2. The van der Waals surface area contributed by atoms with Gasteiger partial charge in [-0.1, -0.05) is 60.7 Å². The minimum absolute atomic E-state index is 0.112. The zero-order chi connectivity index (χ0) is 25.4. The van der Waals surface area contributed by atoms with Crippen molar-refractivity contribution in [2.45, 2.75) is 11.3 Å². The second-order valence-electron chi connectivity index (χ2n) is 7.86. The topological polar surface area (TPSA) is 93.7 Å². The van der Waals surface area contributed by atoms with Crippen molar-refractivity contribution in [1.29, 1.82) is 0 Å². The molecule has 0 fully saturated rings. The second kappa shape index (κ2) is 11.5. The summed E-state index contributed by atoms with van der Waals surface area (Å²) in [6.07, 6.45) is 0.529. The Morgan fingerprint density at radius 1 is 0.806 bits per heavy atom. The third kappa shape index (κ3) is 6.29. The van der Waals surface area contributed by atoms with Crippen LogP contribution in [0.25, 0.3) is 0 Å². The van der Waals surface area contributed by atoms with Crippen LogP contribution in [-0.4, -0.2) is 28.0 Å². The average molecular weight is 503 g/mol. The molecule has 4 rings (SSSR count). The summed E-state index contributed by atoms with van der Waals surface area (Å²) in [5.41, 5.74) is 1.62. The number of carbonyl (C=O) groups excluding carboxylic acids is 1. The molecule has 184 valence electrons. The molecule has 0 aliphatic carbocycles. The van der Waals surface area contributed by atoms with E-state index in [2.05, 4.69) is 10.0 Å². The molecule has 4 aromatic carbocycles. The van der Waals surface area contributed by atoms with Gasteiger partial charge in [0.25, 0.3) is 5.91 Å². The fraction of sp³-hybridized carbons (Fsp3) is 0.107. The highest BCUT2D eigenvalue weighted by molar-refractivity contribution is 7.89. The molecule has 0 heterocycles. The molecule has 0 bridgehead atoms. The van der Waals surface area contributed by atoms with Crippen LogP contribution in [0.3, 0.4) is 0 Å². The van der Waals surface area contributed by atoms with E-state index in [1.54, 1.807) is 24.3 Å². The summed E-state index contributed by atoms with van der Waals surface area (Å²) in [6, 6.07) is 30.1. The molecule has 0 saturated heterocycles. The number of rotatable bonds is 10. The van der Waals surface area contributed by atoms with Crippen LogP contribution in [0, 0.1) is 0 Å². The first-order valence-electron chi connectivity index (χ1n) is 11.3. The number of ether oxygens (including phenoxy) is 2. The summed E-state index contributed by atoms with van der Waals surface area (Å²) >= 11 is 0. The van der Waals surface area contributed by atoms with Crippen molar-refractivity contribution in [3.63, 3.8) is 0 Å². The molecular formula is C28H26N2O5S. The fourth-order valence-electron chi connectivity index (χ4n) is 3.55. The van der Waals surface area contributed by atoms with Crippen molar-refractivity contribution in [2.75, 3.05) is 19.0 Å². The Morgan fingerprint density at radius 2 is 1.47 bits per heavy atom. The zero-order valence-corrected chi connectivity index (χ0v) is 20.5. The van der Waals surface area contributed by atoms with Gasteiger partial charge in [0.05, 0.1) is 12.8 Å². The maximum Gasteiger partial charge on any atom is 0.255 e. The van der Waals surface area contributed by atoms with Gasteiger partial charge < -0.3 is 14.8 Å². The van der Waals surface area contributed by atoms with Gasteiger partial charge in [0.1, 0.15) is 16.4 Å². The van der Waals surface area contributed by atoms with Crippen molar-refractivity contribution in [3.8, 4) is 17.2 Å². The molecule has 7 nitrogen and oxygen atoms in total. The number of benzene rings is 4. The van der Waals surface area contributed by atoms with Crippen molar-refractivity contribution in [1.82, 2.24) is 4.72 Å². The van der Waals surface area contributed by atoms with Gasteiger partial charge in [0.15, 0.2) is 5.75 Å². The molecule has 36 heavy (non-hydrogen) atoms. The minimum atomic E-state index is -3.93. The van der Waals surface area contributed by atoms with E-state index < -0.39 is 15.9 Å². The molecule has 8 heteroatoms. The first kappa shape index (κ1) is 25.0. The van der Waals surface area contributed by atoms with Crippen LogP contribution >= 0.6 is 0 Å². The van der Waals surface area contributed by atoms with E-state index in [1.807, 2.05) is 60.7 Å². The van der Waals surface area contributed by atoms with Gasteiger partial charge in [0.2, 0.25) is 10.0 Å². The van der Waals surface area contributed by atoms with Crippen molar-refractivity contribution in [2.24, 2.45) is 0 Å². The van der Waals surface area contributed by atoms with Gasteiger partial charge in [-0.15, -0.1) is 0 Å². The lowest BCUT2D eigenvalue weighted by atomic mass is 10.2. The molecule has 0 unspecified atom stereocenters. The molecule has 0 saturated carbocycles. The van der Waals surface area contributed by atoms with Gasteiger partial charge in [0, 0.05) is 12.1 Å². The van der Waals surface area contributed by atoms with Gasteiger partial charge in [-0.05, 0) is 54.4 Å². The summed E-state index contributed by atoms with van der Waals surface area (Å²) in [5.74, 6) is 0.744. The Balaban J connectivity index is 1.52. The molecule has 0 spiro atoms. The molecule has 0 atom stereocenters. The minimum Gasteiger partial charge on any atom is -0.495 e. The lowest BCUT2D eigenvalue weighted by Crippen LogP contribution is -2.27. The van der Waals surface area contributed by atoms with Crippen LogP contribution in [0.1, 0.15) is 15.9 Å². The highest BCUT2D eigenvalue weighted by Gasteiger charge is 2.22. The predicted octanol–water partition coefficient (Wildman–Crippen LogP) is 5.26. The largest absolute Gasteiger partial charge is 0.495 e. The van der Waals surface area contributed by atoms with Crippen molar-refractivity contribution < 1.29 is 22.7 Å². The lowest BCUT2D eigenvalue weighted by molar-refractivity contribution is 0.102. The van der Waals surface area contributed by atoms with E-state index in [0.717, 1.165) is 5.56 Å². The third-order valence-electron chi connectivity index (χ3n) is 5.37. The van der Waals surface area contributed by atoms with Crippen LogP contribution in [-0.2, 0) is 16.4 Å². The second-order valence-corrected chi connectivity index (χ2v) is 9.60. The molecule has 0 aliphatic rings. The Bertz CT molecular complexity index is 1430. The summed E-state index contributed by atoms with van der Waals surface area (Å²) in [7, 11) is -2.55. The summed E-state index contributed by atoms with van der Waals surface area (Å²) < 4.78 is 39.9. The Morgan fingerprint density at radius 3 is 2.19 bits per heavy atom. The molecule has 1 amide bonds. The molecule has 0 aromatic heterocycles. The van der Waals surface area contributed by atoms with Crippen LogP contribution in [0.15, 0.2) is 108 Å². The van der Waals surface area contributed by atoms with Crippen LogP contribution in [0.2, 0.25) is 0 Å². The SMILES string of the molecule is COc1ccc(C(=O)Nc2ccccc2Oc2ccccc2)cc1S(=O)(=O)NCCc1ccccc1. The highest BCUT2D eigenvalue weighted by Crippen LogP contribution is 2.30. The van der Waals surface area contributed by atoms with E-state index in [9.17, 15) is 13.2 Å². The Labute approximate surface area is 210 Å². The maximum atomic E-state index is 13.1. The monoisotopic (exact) mass is 502 g/mol. The molecule has 0 radical (unpaired) electrons. The predicted molar refractivity (Wildman–Crippen MR) is 139 cm³/mol. The smallest absolute Gasteiger partial charge is 0.255 e. The number of hydrogen-bond donors (Lipinski definition) is 2. The number of nitrogens with one attached hydrogen (secondary N) is 2. The summed E-state index contributed by atoms with van der Waals surface area (Å²) in [6.45, 7) is 0.204. The molecular weight excluding hydrogens is 476 g/mol. The standard InChI is InChI=1S/C28H26N2O5S/c1-34-26-17-16-22(20-27(26)36(32,33)29-19-18-21-10-4-2-5-11-21)28(31)30-24-14-8-9-15-25(24)35-23-12-6-3-7-13-23/h2-17,20,29H,18-19H2,1H3,(H,30,31). The number of sulfonamides is 1. The molecule has 0 aliphatic heterocycles. The Kier molecular flexibility index (Phi) is 7.99. The van der Waals surface area contributed by atoms with E-state index in [4.69, 9.17) is 9.47 Å². The maximum absolute atomic E-state index is 13.1. The zero-order valence-electron chi connectivity index (χ0n) is 19.7. The van der Waals surface area contributed by atoms with Crippen molar-refractivity contribution in [3.05, 3.63) is 114 Å². The normalized spacial score (nSPS) is 11.0.